The number of benzene rings is 1. The number of aromatic nitrogens is 4. The number of hydrogen-bond acceptors (Lipinski definition) is 4. The van der Waals surface area contributed by atoms with Gasteiger partial charge in [-0.05, 0) is 12.5 Å². The van der Waals surface area contributed by atoms with E-state index in [0.717, 1.165) is 23.5 Å². The Hall–Kier alpha value is -2.43. The van der Waals surface area contributed by atoms with Gasteiger partial charge < -0.3 is 9.47 Å². The third-order valence-electron chi connectivity index (χ3n) is 3.28. The molecule has 1 aromatic carbocycles. The van der Waals surface area contributed by atoms with E-state index in [1.807, 2.05) is 25.3 Å². The lowest BCUT2D eigenvalue weighted by atomic mass is 10.1. The van der Waals surface area contributed by atoms with Gasteiger partial charge in [0, 0.05) is 14.1 Å². The standard InChI is InChI=1S/C15H17N5/c1-11-4-6-12(7-5-11)8-20-10-18-13-14(19(2)3)16-9-17-15(13)20/h4-7,9-10H,8H2,1-3H3. The fourth-order valence-electron chi connectivity index (χ4n) is 2.20. The van der Waals surface area contributed by atoms with Crippen LogP contribution in [0.3, 0.4) is 0 Å². The van der Waals surface area contributed by atoms with Crippen molar-refractivity contribution in [1.82, 2.24) is 19.5 Å². The van der Waals surface area contributed by atoms with E-state index in [-0.39, 0.29) is 0 Å². The van der Waals surface area contributed by atoms with Crippen LogP contribution >= 0.6 is 0 Å². The Morgan fingerprint density at radius 1 is 1.05 bits per heavy atom. The molecule has 0 spiro atoms. The van der Waals surface area contributed by atoms with Crippen molar-refractivity contribution in [3.63, 3.8) is 0 Å². The van der Waals surface area contributed by atoms with Gasteiger partial charge in [0.25, 0.3) is 0 Å². The van der Waals surface area contributed by atoms with Crippen molar-refractivity contribution in [3.8, 4) is 0 Å². The molecule has 5 nitrogen and oxygen atoms in total. The van der Waals surface area contributed by atoms with E-state index in [4.69, 9.17) is 0 Å². The van der Waals surface area contributed by atoms with Gasteiger partial charge in [-0.25, -0.2) is 15.0 Å². The highest BCUT2D eigenvalue weighted by Crippen LogP contribution is 2.20. The molecule has 0 unspecified atom stereocenters. The molecule has 0 bridgehead atoms. The summed E-state index contributed by atoms with van der Waals surface area (Å²) in [6.45, 7) is 2.85. The van der Waals surface area contributed by atoms with Crippen LogP contribution in [0.15, 0.2) is 36.9 Å². The van der Waals surface area contributed by atoms with E-state index < -0.39 is 0 Å². The van der Waals surface area contributed by atoms with E-state index >= 15 is 0 Å². The molecule has 2 aromatic heterocycles. The summed E-state index contributed by atoms with van der Waals surface area (Å²) in [4.78, 5) is 15.0. The molecule has 102 valence electrons. The molecule has 0 radical (unpaired) electrons. The minimum atomic E-state index is 0.765. The van der Waals surface area contributed by atoms with Gasteiger partial charge in [-0.1, -0.05) is 29.8 Å². The zero-order chi connectivity index (χ0) is 14.1. The van der Waals surface area contributed by atoms with E-state index in [2.05, 4.69) is 50.7 Å². The first kappa shape index (κ1) is 12.6. The highest BCUT2D eigenvalue weighted by Gasteiger charge is 2.11. The number of rotatable bonds is 3. The van der Waals surface area contributed by atoms with Crippen LogP contribution in [0.25, 0.3) is 11.2 Å². The van der Waals surface area contributed by atoms with Crippen LogP contribution in [0.2, 0.25) is 0 Å². The second-order valence-corrected chi connectivity index (χ2v) is 5.12. The second kappa shape index (κ2) is 4.92. The van der Waals surface area contributed by atoms with Gasteiger partial charge in [0.05, 0.1) is 12.9 Å². The van der Waals surface area contributed by atoms with Crippen LogP contribution in [0.4, 0.5) is 5.82 Å². The van der Waals surface area contributed by atoms with Gasteiger partial charge in [-0.15, -0.1) is 0 Å². The maximum absolute atomic E-state index is 4.45. The molecule has 0 saturated heterocycles. The summed E-state index contributed by atoms with van der Waals surface area (Å²) in [6, 6.07) is 8.51. The molecular weight excluding hydrogens is 250 g/mol. The van der Waals surface area contributed by atoms with E-state index in [0.29, 0.717) is 0 Å². The van der Waals surface area contributed by atoms with Crippen molar-refractivity contribution < 1.29 is 0 Å². The third kappa shape index (κ3) is 2.22. The van der Waals surface area contributed by atoms with Crippen LogP contribution in [-0.2, 0) is 6.54 Å². The Labute approximate surface area is 117 Å². The van der Waals surface area contributed by atoms with Crippen LogP contribution in [0.1, 0.15) is 11.1 Å². The lowest BCUT2D eigenvalue weighted by molar-refractivity contribution is 0.812. The summed E-state index contributed by atoms with van der Waals surface area (Å²) in [5.74, 6) is 0.845. The fourth-order valence-corrected chi connectivity index (χ4v) is 2.20. The molecule has 5 heteroatoms. The Morgan fingerprint density at radius 2 is 1.80 bits per heavy atom. The molecule has 0 aliphatic heterocycles. The van der Waals surface area contributed by atoms with Crippen LogP contribution < -0.4 is 4.90 Å². The van der Waals surface area contributed by atoms with E-state index in [1.165, 1.54) is 11.1 Å². The highest BCUT2D eigenvalue weighted by atomic mass is 15.2. The average Bonchev–Trinajstić information content (AvgIpc) is 2.84. The topological polar surface area (TPSA) is 46.8 Å². The second-order valence-electron chi connectivity index (χ2n) is 5.12. The van der Waals surface area contributed by atoms with Gasteiger partial charge in [0.1, 0.15) is 6.33 Å². The maximum atomic E-state index is 4.45. The number of aryl methyl sites for hydroxylation is 1. The summed E-state index contributed by atoms with van der Waals surface area (Å²) in [5, 5.41) is 0. The number of imidazole rings is 1. The van der Waals surface area contributed by atoms with Crippen molar-refractivity contribution in [3.05, 3.63) is 48.0 Å². The molecule has 0 N–H and O–H groups in total. The van der Waals surface area contributed by atoms with Crippen molar-refractivity contribution in [2.75, 3.05) is 19.0 Å². The normalized spacial score (nSPS) is 10.9. The molecule has 0 atom stereocenters. The number of fused-ring (bicyclic) bond motifs is 1. The highest BCUT2D eigenvalue weighted by molar-refractivity contribution is 5.83. The summed E-state index contributed by atoms with van der Waals surface area (Å²) in [7, 11) is 3.92. The zero-order valence-electron chi connectivity index (χ0n) is 11.9. The Balaban J connectivity index is 2.00. The average molecular weight is 267 g/mol. The van der Waals surface area contributed by atoms with Crippen LogP contribution in [-0.4, -0.2) is 33.6 Å². The maximum Gasteiger partial charge on any atom is 0.165 e. The van der Waals surface area contributed by atoms with Crippen molar-refractivity contribution in [2.45, 2.75) is 13.5 Å². The minimum Gasteiger partial charge on any atom is -0.361 e. The predicted octanol–water partition coefficient (Wildman–Crippen LogP) is 2.25. The third-order valence-corrected chi connectivity index (χ3v) is 3.28. The summed E-state index contributed by atoms with van der Waals surface area (Å²) >= 11 is 0. The van der Waals surface area contributed by atoms with Crippen molar-refractivity contribution in [2.24, 2.45) is 0 Å². The van der Waals surface area contributed by atoms with Gasteiger partial charge in [0.2, 0.25) is 0 Å². The molecule has 3 rings (SSSR count). The first-order valence-electron chi connectivity index (χ1n) is 6.54. The number of hydrogen-bond donors (Lipinski definition) is 0. The first-order chi connectivity index (χ1) is 9.65. The summed E-state index contributed by atoms with van der Waals surface area (Å²) in [5.41, 5.74) is 4.20. The van der Waals surface area contributed by atoms with Crippen LogP contribution in [0.5, 0.6) is 0 Å². The van der Waals surface area contributed by atoms with Gasteiger partial charge in [-0.3, -0.25) is 0 Å². The van der Waals surface area contributed by atoms with Crippen molar-refractivity contribution in [1.29, 1.82) is 0 Å². The SMILES string of the molecule is Cc1ccc(Cn2cnc3c(N(C)C)ncnc32)cc1. The molecule has 0 saturated carbocycles. The monoisotopic (exact) mass is 267 g/mol. The first-order valence-corrected chi connectivity index (χ1v) is 6.54. The van der Waals surface area contributed by atoms with Gasteiger partial charge >= 0.3 is 0 Å². The largest absolute Gasteiger partial charge is 0.361 e. The zero-order valence-corrected chi connectivity index (χ0v) is 11.9. The molecule has 2 heterocycles. The Kier molecular flexibility index (Phi) is 3.10. The van der Waals surface area contributed by atoms with Gasteiger partial charge in [-0.2, -0.15) is 0 Å². The molecule has 20 heavy (non-hydrogen) atoms. The molecular formula is C15H17N5. The number of anilines is 1. The quantitative estimate of drug-likeness (QED) is 0.730. The summed E-state index contributed by atoms with van der Waals surface area (Å²) in [6.07, 6.45) is 3.41. The Bertz CT molecular complexity index is 728. The lowest BCUT2D eigenvalue weighted by Gasteiger charge is -2.11. The minimum absolute atomic E-state index is 0.765. The molecule has 0 fully saturated rings. The predicted molar refractivity (Wildman–Crippen MR) is 79.9 cm³/mol. The molecule has 0 amide bonds. The van der Waals surface area contributed by atoms with E-state index in [9.17, 15) is 0 Å². The van der Waals surface area contributed by atoms with E-state index in [1.54, 1.807) is 6.33 Å². The lowest BCUT2D eigenvalue weighted by Crippen LogP contribution is -2.11. The molecule has 0 aliphatic carbocycles. The van der Waals surface area contributed by atoms with Crippen LogP contribution in [0, 0.1) is 6.92 Å². The Morgan fingerprint density at radius 3 is 2.50 bits per heavy atom. The molecule has 3 aromatic rings. The molecule has 0 aliphatic rings. The number of nitrogens with zero attached hydrogens (tertiary/aromatic N) is 5. The van der Waals surface area contributed by atoms with Crippen molar-refractivity contribution >= 4 is 17.0 Å². The summed E-state index contributed by atoms with van der Waals surface area (Å²) < 4.78 is 2.05. The fraction of sp³-hybridized carbons (Fsp3) is 0.267. The van der Waals surface area contributed by atoms with Gasteiger partial charge in [0.15, 0.2) is 17.0 Å². The smallest absolute Gasteiger partial charge is 0.165 e.